The Hall–Kier alpha value is -2.77. The lowest BCUT2D eigenvalue weighted by atomic mass is 10.1. The van der Waals surface area contributed by atoms with Gasteiger partial charge in [0.1, 0.15) is 5.82 Å². The van der Waals surface area contributed by atoms with Gasteiger partial charge in [-0.25, -0.2) is 9.97 Å². The summed E-state index contributed by atoms with van der Waals surface area (Å²) in [5.41, 5.74) is 0.948. The molecular weight excluding hydrogens is 342 g/mol. The molecule has 7 heteroatoms. The van der Waals surface area contributed by atoms with Crippen molar-refractivity contribution < 1.29 is 9.21 Å². The number of nitrogens with zero attached hydrogens (tertiary/aromatic N) is 4. The van der Waals surface area contributed by atoms with Crippen LogP contribution in [0.4, 0.5) is 5.82 Å². The highest BCUT2D eigenvalue weighted by molar-refractivity contribution is 5.94. The number of aromatic nitrogens is 2. The fraction of sp³-hybridized carbons (Fsp3) is 0.350. The van der Waals surface area contributed by atoms with Crippen LogP contribution in [-0.4, -0.2) is 65.4 Å². The zero-order valence-corrected chi connectivity index (χ0v) is 15.6. The zero-order chi connectivity index (χ0) is 18.8. The molecule has 0 bridgehead atoms. The third-order valence-corrected chi connectivity index (χ3v) is 4.86. The summed E-state index contributed by atoms with van der Waals surface area (Å²) >= 11 is 0. The smallest absolute Gasteiger partial charge is 0.239 e. The lowest BCUT2D eigenvalue weighted by Gasteiger charge is -2.31. The fourth-order valence-electron chi connectivity index (χ4n) is 3.25. The predicted octanol–water partition coefficient (Wildman–Crippen LogP) is 2.38. The van der Waals surface area contributed by atoms with Gasteiger partial charge in [-0.2, -0.15) is 0 Å². The number of benzene rings is 1. The standard InChI is InChI=1S/C20H23N5O2/c1-14-21-12-18(27-14)15-3-4-16-11-22-19(10-17(16)9-15)23-20(26)13-25-7-5-24(2)6-8-25/h3-4,9-12H,5-8,13H2,1-2H3,(H,22,23,26). The molecule has 0 radical (unpaired) electrons. The summed E-state index contributed by atoms with van der Waals surface area (Å²) in [6, 6.07) is 7.89. The molecule has 0 spiro atoms. The van der Waals surface area contributed by atoms with Crippen molar-refractivity contribution in [2.24, 2.45) is 0 Å². The quantitative estimate of drug-likeness (QED) is 0.765. The average Bonchev–Trinajstić information content (AvgIpc) is 3.09. The number of pyridine rings is 1. The van der Waals surface area contributed by atoms with Crippen molar-refractivity contribution in [2.45, 2.75) is 6.92 Å². The first-order valence-corrected chi connectivity index (χ1v) is 9.10. The number of aryl methyl sites for hydroxylation is 1. The largest absolute Gasteiger partial charge is 0.441 e. The first-order chi connectivity index (χ1) is 13.1. The monoisotopic (exact) mass is 365 g/mol. The van der Waals surface area contributed by atoms with Gasteiger partial charge < -0.3 is 14.6 Å². The van der Waals surface area contributed by atoms with E-state index in [9.17, 15) is 4.79 Å². The normalized spacial score (nSPS) is 15.9. The Bertz CT molecular complexity index is 960. The minimum Gasteiger partial charge on any atom is -0.441 e. The number of hydrogen-bond acceptors (Lipinski definition) is 6. The molecule has 140 valence electrons. The Morgan fingerprint density at radius 2 is 1.93 bits per heavy atom. The topological polar surface area (TPSA) is 74.5 Å². The van der Waals surface area contributed by atoms with Crippen LogP contribution in [0.15, 0.2) is 41.1 Å². The molecule has 1 aliphatic rings. The van der Waals surface area contributed by atoms with Crippen LogP contribution in [0, 0.1) is 6.92 Å². The van der Waals surface area contributed by atoms with Crippen LogP contribution in [0.25, 0.3) is 22.1 Å². The highest BCUT2D eigenvalue weighted by Crippen LogP contribution is 2.26. The molecular formula is C20H23N5O2. The van der Waals surface area contributed by atoms with Crippen molar-refractivity contribution in [3.05, 3.63) is 42.5 Å². The Labute approximate surface area is 158 Å². The van der Waals surface area contributed by atoms with E-state index in [1.54, 1.807) is 12.4 Å². The Morgan fingerprint density at radius 3 is 2.67 bits per heavy atom. The third kappa shape index (κ3) is 4.15. The molecule has 0 atom stereocenters. The number of oxazole rings is 1. The SMILES string of the molecule is Cc1ncc(-c2ccc3cnc(NC(=O)CN4CCN(C)CC4)cc3c2)o1. The number of amides is 1. The summed E-state index contributed by atoms with van der Waals surface area (Å²) in [6.07, 6.45) is 3.49. The van der Waals surface area contributed by atoms with Gasteiger partial charge in [0.15, 0.2) is 11.7 Å². The van der Waals surface area contributed by atoms with Crippen LogP contribution < -0.4 is 5.32 Å². The minimum absolute atomic E-state index is 0.0339. The van der Waals surface area contributed by atoms with Crippen molar-refractivity contribution in [3.63, 3.8) is 0 Å². The molecule has 1 fully saturated rings. The molecule has 3 heterocycles. The first-order valence-electron chi connectivity index (χ1n) is 9.10. The molecule has 27 heavy (non-hydrogen) atoms. The van der Waals surface area contributed by atoms with Gasteiger partial charge in [-0.15, -0.1) is 0 Å². The van der Waals surface area contributed by atoms with Gasteiger partial charge in [0.05, 0.1) is 12.7 Å². The van der Waals surface area contributed by atoms with Crippen LogP contribution >= 0.6 is 0 Å². The summed E-state index contributed by atoms with van der Waals surface area (Å²) in [5.74, 6) is 1.89. The number of rotatable bonds is 4. The second-order valence-electron chi connectivity index (χ2n) is 7.00. The summed E-state index contributed by atoms with van der Waals surface area (Å²) < 4.78 is 5.60. The van der Waals surface area contributed by atoms with Crippen LogP contribution in [0.5, 0.6) is 0 Å². The van der Waals surface area contributed by atoms with E-state index in [1.807, 2.05) is 31.2 Å². The van der Waals surface area contributed by atoms with Crippen molar-refractivity contribution in [2.75, 3.05) is 45.1 Å². The summed E-state index contributed by atoms with van der Waals surface area (Å²) in [7, 11) is 2.10. The number of fused-ring (bicyclic) bond motifs is 1. The molecule has 2 aromatic heterocycles. The van der Waals surface area contributed by atoms with E-state index in [4.69, 9.17) is 4.42 Å². The average molecular weight is 365 g/mol. The molecule has 3 aromatic rings. The molecule has 0 saturated carbocycles. The second-order valence-corrected chi connectivity index (χ2v) is 7.00. The van der Waals surface area contributed by atoms with Crippen molar-refractivity contribution >= 4 is 22.5 Å². The van der Waals surface area contributed by atoms with Gasteiger partial charge in [-0.05, 0) is 24.6 Å². The molecule has 1 aromatic carbocycles. The van der Waals surface area contributed by atoms with Gasteiger partial charge in [-0.3, -0.25) is 9.69 Å². The number of hydrogen-bond donors (Lipinski definition) is 1. The summed E-state index contributed by atoms with van der Waals surface area (Å²) in [5, 5.41) is 4.91. The first kappa shape index (κ1) is 17.6. The highest BCUT2D eigenvalue weighted by Gasteiger charge is 2.17. The van der Waals surface area contributed by atoms with Crippen LogP contribution in [0.3, 0.4) is 0 Å². The van der Waals surface area contributed by atoms with Crippen molar-refractivity contribution in [1.29, 1.82) is 0 Å². The number of nitrogens with one attached hydrogen (secondary N) is 1. The molecule has 7 nitrogen and oxygen atoms in total. The molecule has 1 N–H and O–H groups in total. The number of anilines is 1. The van der Waals surface area contributed by atoms with E-state index < -0.39 is 0 Å². The molecule has 0 aliphatic carbocycles. The van der Waals surface area contributed by atoms with Crippen LogP contribution in [0.2, 0.25) is 0 Å². The maximum Gasteiger partial charge on any atom is 0.239 e. The maximum atomic E-state index is 12.4. The number of carbonyl (C=O) groups excluding carboxylic acids is 1. The van der Waals surface area contributed by atoms with E-state index >= 15 is 0 Å². The van der Waals surface area contributed by atoms with Crippen molar-refractivity contribution in [3.8, 4) is 11.3 Å². The second kappa shape index (κ2) is 7.46. The van der Waals surface area contributed by atoms with Gasteiger partial charge in [0.2, 0.25) is 5.91 Å². The lowest BCUT2D eigenvalue weighted by Crippen LogP contribution is -2.47. The van der Waals surface area contributed by atoms with E-state index in [2.05, 4.69) is 32.1 Å². The predicted molar refractivity (Wildman–Crippen MR) is 105 cm³/mol. The van der Waals surface area contributed by atoms with Gasteiger partial charge >= 0.3 is 0 Å². The van der Waals surface area contributed by atoms with Crippen LogP contribution in [-0.2, 0) is 4.79 Å². The van der Waals surface area contributed by atoms with Crippen LogP contribution in [0.1, 0.15) is 5.89 Å². The highest BCUT2D eigenvalue weighted by atomic mass is 16.4. The number of likely N-dealkylation sites (N-methyl/N-ethyl adjacent to an activating group) is 1. The molecule has 1 aliphatic heterocycles. The zero-order valence-electron chi connectivity index (χ0n) is 15.6. The van der Waals surface area contributed by atoms with Gasteiger partial charge in [-0.1, -0.05) is 12.1 Å². The lowest BCUT2D eigenvalue weighted by molar-refractivity contribution is -0.117. The number of piperazine rings is 1. The molecule has 1 saturated heterocycles. The van der Waals surface area contributed by atoms with E-state index in [0.717, 1.165) is 48.3 Å². The summed E-state index contributed by atoms with van der Waals surface area (Å²) in [6.45, 7) is 6.02. The minimum atomic E-state index is -0.0339. The summed E-state index contributed by atoms with van der Waals surface area (Å²) in [4.78, 5) is 25.3. The van der Waals surface area contributed by atoms with E-state index in [0.29, 0.717) is 18.3 Å². The Morgan fingerprint density at radius 1 is 1.11 bits per heavy atom. The molecule has 0 unspecified atom stereocenters. The maximum absolute atomic E-state index is 12.4. The fourth-order valence-corrected chi connectivity index (χ4v) is 3.25. The van der Waals surface area contributed by atoms with Gasteiger partial charge in [0, 0.05) is 50.2 Å². The van der Waals surface area contributed by atoms with Gasteiger partial charge in [0.25, 0.3) is 0 Å². The van der Waals surface area contributed by atoms with Crippen molar-refractivity contribution in [1.82, 2.24) is 19.8 Å². The van der Waals surface area contributed by atoms with E-state index in [1.165, 1.54) is 0 Å². The Balaban J connectivity index is 1.48. The molecule has 1 amide bonds. The van der Waals surface area contributed by atoms with E-state index in [-0.39, 0.29) is 5.91 Å². The Kier molecular flexibility index (Phi) is 4.87. The number of carbonyl (C=O) groups is 1. The third-order valence-electron chi connectivity index (χ3n) is 4.86. The molecule has 4 rings (SSSR count).